The SMILES string of the molecule is C[C@H](NC(=O)c1cc2ccc(-c3nccc(Nc4ccc(-c5cnc[nH]5)cc4)n3)cc2n1CC1COC1)C(F)(F)F. The molecule has 9 nitrogen and oxygen atoms in total. The minimum absolute atomic E-state index is 0.157. The normalized spacial score (nSPS) is 14.5. The van der Waals surface area contributed by atoms with E-state index in [-0.39, 0.29) is 11.6 Å². The zero-order valence-electron chi connectivity index (χ0n) is 21.9. The number of amides is 1. The second-order valence-electron chi connectivity index (χ2n) is 9.99. The van der Waals surface area contributed by atoms with Crippen molar-refractivity contribution in [2.24, 2.45) is 5.92 Å². The van der Waals surface area contributed by atoms with Crippen molar-refractivity contribution in [1.29, 1.82) is 0 Å². The Kier molecular flexibility index (Phi) is 6.91. The number of benzene rings is 2. The molecule has 0 unspecified atom stereocenters. The van der Waals surface area contributed by atoms with Gasteiger partial charge in [0.2, 0.25) is 0 Å². The number of ether oxygens (including phenoxy) is 1. The summed E-state index contributed by atoms with van der Waals surface area (Å²) >= 11 is 0. The molecular weight excluding hydrogens is 535 g/mol. The van der Waals surface area contributed by atoms with Gasteiger partial charge in [-0.05, 0) is 42.8 Å². The van der Waals surface area contributed by atoms with Gasteiger partial charge in [-0.2, -0.15) is 13.2 Å². The van der Waals surface area contributed by atoms with E-state index in [0.717, 1.165) is 29.3 Å². The molecule has 4 heterocycles. The number of hydrogen-bond acceptors (Lipinski definition) is 6. The lowest BCUT2D eigenvalue weighted by Gasteiger charge is -2.27. The molecule has 0 aliphatic carbocycles. The molecule has 1 aliphatic heterocycles. The van der Waals surface area contributed by atoms with Gasteiger partial charge in [0.25, 0.3) is 5.91 Å². The summed E-state index contributed by atoms with van der Waals surface area (Å²) in [6.45, 7) is 2.42. The smallest absolute Gasteiger partial charge is 0.381 e. The molecule has 41 heavy (non-hydrogen) atoms. The Balaban J connectivity index is 1.28. The largest absolute Gasteiger partial charge is 0.408 e. The molecule has 6 rings (SSSR count). The molecule has 1 saturated heterocycles. The number of nitrogens with one attached hydrogen (secondary N) is 3. The number of carbonyl (C=O) groups is 1. The van der Waals surface area contributed by atoms with Gasteiger partial charge in [-0.3, -0.25) is 4.79 Å². The first-order valence-electron chi connectivity index (χ1n) is 13.0. The summed E-state index contributed by atoms with van der Waals surface area (Å²) in [5.74, 6) is 0.424. The standard InChI is InChI=1S/C29H26F3N7O2/c1-17(29(30,31)32)36-28(40)25-10-20-2-3-21(11-24(20)39(25)13-18-14-41-15-18)27-34-9-8-26(38-27)37-22-6-4-19(5-7-22)23-12-33-16-35-23/h2-12,16-18H,13-15H2,1H3,(H,33,35)(H,36,40)(H,34,37,38)/t17-/m0/s1. The summed E-state index contributed by atoms with van der Waals surface area (Å²) in [5, 5.41) is 6.09. The van der Waals surface area contributed by atoms with Crippen molar-refractivity contribution < 1.29 is 22.7 Å². The number of fused-ring (bicyclic) bond motifs is 1. The van der Waals surface area contributed by atoms with Crippen molar-refractivity contribution in [2.45, 2.75) is 25.7 Å². The first-order valence-corrected chi connectivity index (χ1v) is 13.0. The second-order valence-corrected chi connectivity index (χ2v) is 9.99. The number of halogens is 3. The minimum Gasteiger partial charge on any atom is -0.381 e. The van der Waals surface area contributed by atoms with Crippen LogP contribution in [-0.2, 0) is 11.3 Å². The Labute approximate surface area is 232 Å². The van der Waals surface area contributed by atoms with Gasteiger partial charge in [0.15, 0.2) is 5.82 Å². The summed E-state index contributed by atoms with van der Waals surface area (Å²) in [6.07, 6.45) is 0.490. The zero-order chi connectivity index (χ0) is 28.6. The van der Waals surface area contributed by atoms with Crippen LogP contribution in [0.4, 0.5) is 24.7 Å². The number of aromatic amines is 1. The van der Waals surface area contributed by atoms with Crippen LogP contribution in [0.2, 0.25) is 0 Å². The quantitative estimate of drug-likeness (QED) is 0.229. The highest BCUT2D eigenvalue weighted by atomic mass is 19.4. The lowest BCUT2D eigenvalue weighted by atomic mass is 10.1. The van der Waals surface area contributed by atoms with Crippen LogP contribution in [0.25, 0.3) is 33.5 Å². The van der Waals surface area contributed by atoms with Crippen molar-refractivity contribution in [1.82, 2.24) is 29.8 Å². The van der Waals surface area contributed by atoms with Crippen LogP contribution in [0.15, 0.2) is 73.3 Å². The Hall–Kier alpha value is -4.71. The van der Waals surface area contributed by atoms with Gasteiger partial charge in [-0.15, -0.1) is 0 Å². The fourth-order valence-corrected chi connectivity index (χ4v) is 4.64. The lowest BCUT2D eigenvalue weighted by molar-refractivity contribution is -0.149. The van der Waals surface area contributed by atoms with Gasteiger partial charge in [-0.25, -0.2) is 15.0 Å². The molecule has 1 atom stereocenters. The van der Waals surface area contributed by atoms with Crippen molar-refractivity contribution in [2.75, 3.05) is 18.5 Å². The maximum Gasteiger partial charge on any atom is 0.408 e. The van der Waals surface area contributed by atoms with Gasteiger partial charge in [-0.1, -0.05) is 24.3 Å². The molecule has 12 heteroatoms. The van der Waals surface area contributed by atoms with Gasteiger partial charge in [0.05, 0.1) is 31.4 Å². The predicted octanol–water partition coefficient (Wildman–Crippen LogP) is 5.56. The molecule has 0 spiro atoms. The van der Waals surface area contributed by atoms with Crippen LogP contribution in [0.5, 0.6) is 0 Å². The maximum absolute atomic E-state index is 13.1. The number of alkyl halides is 3. The van der Waals surface area contributed by atoms with Crippen LogP contribution >= 0.6 is 0 Å². The van der Waals surface area contributed by atoms with Crippen LogP contribution in [-0.4, -0.2) is 55.8 Å². The Morgan fingerprint density at radius 1 is 1.12 bits per heavy atom. The van der Waals surface area contributed by atoms with E-state index in [2.05, 4.69) is 30.6 Å². The van der Waals surface area contributed by atoms with Crippen molar-refractivity contribution in [3.63, 3.8) is 0 Å². The van der Waals surface area contributed by atoms with Gasteiger partial charge >= 0.3 is 6.18 Å². The van der Waals surface area contributed by atoms with Gasteiger partial charge in [0, 0.05) is 40.8 Å². The number of imidazole rings is 1. The Morgan fingerprint density at radius 2 is 1.90 bits per heavy atom. The van der Waals surface area contributed by atoms with Gasteiger partial charge < -0.3 is 24.9 Å². The van der Waals surface area contributed by atoms with Crippen LogP contribution < -0.4 is 10.6 Å². The number of nitrogens with zero attached hydrogens (tertiary/aromatic N) is 4. The number of carbonyl (C=O) groups excluding carboxylic acids is 1. The van der Waals surface area contributed by atoms with Gasteiger partial charge in [0.1, 0.15) is 17.6 Å². The Morgan fingerprint density at radius 3 is 2.59 bits per heavy atom. The second kappa shape index (κ2) is 10.7. The van der Waals surface area contributed by atoms with E-state index < -0.39 is 18.1 Å². The summed E-state index contributed by atoms with van der Waals surface area (Å²) in [7, 11) is 0. The molecule has 5 aromatic rings. The third-order valence-electron chi connectivity index (χ3n) is 7.00. The molecule has 1 aliphatic rings. The van der Waals surface area contributed by atoms with E-state index in [1.165, 1.54) is 0 Å². The molecule has 1 amide bonds. The van der Waals surface area contributed by atoms with Crippen LogP contribution in [0, 0.1) is 5.92 Å². The fraction of sp³-hybridized carbons (Fsp3) is 0.241. The molecule has 0 radical (unpaired) electrons. The highest BCUT2D eigenvalue weighted by molar-refractivity contribution is 5.99. The molecule has 2 aromatic carbocycles. The highest BCUT2D eigenvalue weighted by Crippen LogP contribution is 2.29. The molecular formula is C29H26F3N7O2. The molecule has 0 bridgehead atoms. The van der Waals surface area contributed by atoms with Crippen molar-refractivity contribution in [3.05, 3.63) is 79.0 Å². The summed E-state index contributed by atoms with van der Waals surface area (Å²) in [6, 6.07) is 14.7. The van der Waals surface area contributed by atoms with E-state index >= 15 is 0 Å². The number of hydrogen-bond donors (Lipinski definition) is 3. The van der Waals surface area contributed by atoms with E-state index in [1.54, 1.807) is 35.4 Å². The zero-order valence-corrected chi connectivity index (χ0v) is 21.9. The van der Waals surface area contributed by atoms with Crippen molar-refractivity contribution >= 4 is 28.3 Å². The van der Waals surface area contributed by atoms with E-state index in [4.69, 9.17) is 4.74 Å². The van der Waals surface area contributed by atoms with Crippen molar-refractivity contribution in [3.8, 4) is 22.6 Å². The first-order chi connectivity index (χ1) is 19.7. The fourth-order valence-electron chi connectivity index (χ4n) is 4.64. The van der Waals surface area contributed by atoms with E-state index in [1.807, 2.05) is 42.5 Å². The average Bonchev–Trinajstić information content (AvgIpc) is 3.59. The molecule has 0 saturated carbocycles. The lowest BCUT2D eigenvalue weighted by Crippen LogP contribution is -2.44. The predicted molar refractivity (Wildman–Crippen MR) is 148 cm³/mol. The Bertz CT molecular complexity index is 1680. The summed E-state index contributed by atoms with van der Waals surface area (Å²) in [5.41, 5.74) is 4.33. The molecule has 1 fully saturated rings. The molecule has 3 N–H and O–H groups in total. The topological polar surface area (TPSA) is 110 Å². The molecule has 210 valence electrons. The van der Waals surface area contributed by atoms with Crippen LogP contribution in [0.1, 0.15) is 17.4 Å². The summed E-state index contributed by atoms with van der Waals surface area (Å²) < 4.78 is 46.4. The summed E-state index contributed by atoms with van der Waals surface area (Å²) in [4.78, 5) is 29.2. The monoisotopic (exact) mass is 561 g/mol. The van der Waals surface area contributed by atoms with E-state index in [9.17, 15) is 18.0 Å². The number of aromatic nitrogens is 5. The average molecular weight is 562 g/mol. The number of rotatable bonds is 8. The van der Waals surface area contributed by atoms with Crippen LogP contribution in [0.3, 0.4) is 0 Å². The molecule has 3 aromatic heterocycles. The maximum atomic E-state index is 13.1. The highest BCUT2D eigenvalue weighted by Gasteiger charge is 2.37. The first kappa shape index (κ1) is 26.5. The third kappa shape index (κ3) is 5.64. The number of H-pyrrole nitrogens is 1. The number of anilines is 2. The van der Waals surface area contributed by atoms with E-state index in [0.29, 0.717) is 42.5 Å². The minimum atomic E-state index is -4.54. The third-order valence-corrected chi connectivity index (χ3v) is 7.00.